The Kier molecular flexibility index (Phi) is 3.56. The number of amides is 1. The van der Waals surface area contributed by atoms with Gasteiger partial charge in [0, 0.05) is 19.3 Å². The van der Waals surface area contributed by atoms with E-state index in [0.717, 1.165) is 6.20 Å². The van der Waals surface area contributed by atoms with Crippen LogP contribution in [0.2, 0.25) is 0 Å². The monoisotopic (exact) mass is 276 g/mol. The van der Waals surface area contributed by atoms with Crippen LogP contribution in [0.25, 0.3) is 0 Å². The van der Waals surface area contributed by atoms with Crippen LogP contribution in [-0.4, -0.2) is 47.1 Å². The first-order valence-electron chi connectivity index (χ1n) is 5.46. The fourth-order valence-corrected chi connectivity index (χ4v) is 1.70. The van der Waals surface area contributed by atoms with E-state index in [9.17, 15) is 18.0 Å². The van der Waals surface area contributed by atoms with Gasteiger partial charge in [0.15, 0.2) is 5.69 Å². The number of carbonyl (C=O) groups is 1. The predicted octanol–water partition coefficient (Wildman–Crippen LogP) is 0.550. The summed E-state index contributed by atoms with van der Waals surface area (Å²) >= 11 is 0. The number of rotatable bonds is 1. The number of anilines is 1. The standard InChI is InChI=1S/C10H11F3N4O2/c11-10(12,13)7-6(5-15-9(14)16-7)8(18)17-1-3-19-4-2-17/h5H,1-4H2,(H2,14,15,16). The van der Waals surface area contributed by atoms with Gasteiger partial charge in [-0.2, -0.15) is 13.2 Å². The Hall–Kier alpha value is -1.90. The van der Waals surface area contributed by atoms with Crippen LogP contribution in [0.3, 0.4) is 0 Å². The van der Waals surface area contributed by atoms with Gasteiger partial charge in [-0.15, -0.1) is 0 Å². The summed E-state index contributed by atoms with van der Waals surface area (Å²) in [7, 11) is 0. The van der Waals surface area contributed by atoms with Crippen molar-refractivity contribution in [3.05, 3.63) is 17.5 Å². The molecule has 0 saturated carbocycles. The second-order valence-corrected chi connectivity index (χ2v) is 3.89. The summed E-state index contributed by atoms with van der Waals surface area (Å²) in [5.74, 6) is -1.29. The van der Waals surface area contributed by atoms with E-state index in [4.69, 9.17) is 10.5 Å². The van der Waals surface area contributed by atoms with Gasteiger partial charge in [-0.3, -0.25) is 4.79 Å². The summed E-state index contributed by atoms with van der Waals surface area (Å²) < 4.78 is 43.5. The van der Waals surface area contributed by atoms with Crippen LogP contribution in [0.5, 0.6) is 0 Å². The molecule has 0 radical (unpaired) electrons. The number of morpholine rings is 1. The van der Waals surface area contributed by atoms with Crippen molar-refractivity contribution in [1.82, 2.24) is 14.9 Å². The van der Waals surface area contributed by atoms with E-state index in [-0.39, 0.29) is 13.1 Å². The minimum absolute atomic E-state index is 0.237. The fourth-order valence-electron chi connectivity index (χ4n) is 1.70. The maximum Gasteiger partial charge on any atom is 0.434 e. The number of halogens is 3. The highest BCUT2D eigenvalue weighted by molar-refractivity contribution is 5.95. The molecule has 0 unspecified atom stereocenters. The third kappa shape index (κ3) is 2.92. The zero-order chi connectivity index (χ0) is 14.0. The summed E-state index contributed by atoms with van der Waals surface area (Å²) in [6.07, 6.45) is -3.95. The number of aromatic nitrogens is 2. The molecule has 1 amide bonds. The molecular weight excluding hydrogens is 265 g/mol. The number of ether oxygens (including phenoxy) is 1. The molecule has 2 heterocycles. The van der Waals surface area contributed by atoms with E-state index in [2.05, 4.69) is 9.97 Å². The molecule has 1 aromatic heterocycles. The van der Waals surface area contributed by atoms with E-state index in [1.54, 1.807) is 0 Å². The molecule has 2 rings (SSSR count). The fraction of sp³-hybridized carbons (Fsp3) is 0.500. The summed E-state index contributed by atoms with van der Waals surface area (Å²) in [6, 6.07) is 0. The van der Waals surface area contributed by atoms with Crippen LogP contribution in [0, 0.1) is 0 Å². The van der Waals surface area contributed by atoms with E-state index >= 15 is 0 Å². The molecule has 1 saturated heterocycles. The highest BCUT2D eigenvalue weighted by Crippen LogP contribution is 2.31. The highest BCUT2D eigenvalue weighted by atomic mass is 19.4. The normalized spacial score (nSPS) is 16.5. The van der Waals surface area contributed by atoms with Crippen LogP contribution in [0.15, 0.2) is 6.20 Å². The average Bonchev–Trinajstić information content (AvgIpc) is 2.38. The largest absolute Gasteiger partial charge is 0.434 e. The average molecular weight is 276 g/mol. The molecule has 0 spiro atoms. The summed E-state index contributed by atoms with van der Waals surface area (Å²) in [6.45, 7) is 1.06. The van der Waals surface area contributed by atoms with Gasteiger partial charge in [0.2, 0.25) is 5.95 Å². The zero-order valence-electron chi connectivity index (χ0n) is 9.78. The summed E-state index contributed by atoms with van der Waals surface area (Å²) in [5.41, 5.74) is 3.23. The van der Waals surface area contributed by atoms with Crippen LogP contribution < -0.4 is 5.73 Å². The Bertz CT molecular complexity index is 486. The lowest BCUT2D eigenvalue weighted by atomic mass is 10.2. The van der Waals surface area contributed by atoms with E-state index in [1.807, 2.05) is 0 Å². The second-order valence-electron chi connectivity index (χ2n) is 3.89. The van der Waals surface area contributed by atoms with Crippen LogP contribution in [0.1, 0.15) is 16.1 Å². The second kappa shape index (κ2) is 5.00. The lowest BCUT2D eigenvalue weighted by Crippen LogP contribution is -2.41. The smallest absolute Gasteiger partial charge is 0.378 e. The molecule has 0 atom stereocenters. The number of carbonyl (C=O) groups excluding carboxylic acids is 1. The predicted molar refractivity (Wildman–Crippen MR) is 58.2 cm³/mol. The minimum atomic E-state index is -4.76. The van der Waals surface area contributed by atoms with Gasteiger partial charge >= 0.3 is 6.18 Å². The lowest BCUT2D eigenvalue weighted by Gasteiger charge is -2.27. The first-order chi connectivity index (χ1) is 8.89. The topological polar surface area (TPSA) is 81.3 Å². The number of hydrogen-bond donors (Lipinski definition) is 1. The van der Waals surface area contributed by atoms with Crippen molar-refractivity contribution >= 4 is 11.9 Å². The summed E-state index contributed by atoms with van der Waals surface area (Å²) in [5, 5.41) is 0. The van der Waals surface area contributed by atoms with Gasteiger partial charge in [0.25, 0.3) is 5.91 Å². The molecular formula is C10H11F3N4O2. The van der Waals surface area contributed by atoms with Gasteiger partial charge < -0.3 is 15.4 Å². The minimum Gasteiger partial charge on any atom is -0.378 e. The third-order valence-corrected chi connectivity index (χ3v) is 2.60. The molecule has 0 aliphatic carbocycles. The molecule has 2 N–H and O–H groups in total. The van der Waals surface area contributed by atoms with Crippen molar-refractivity contribution in [3.63, 3.8) is 0 Å². The molecule has 1 aromatic rings. The van der Waals surface area contributed by atoms with E-state index in [1.165, 1.54) is 4.90 Å². The first-order valence-corrected chi connectivity index (χ1v) is 5.46. The Balaban J connectivity index is 2.35. The first kappa shape index (κ1) is 13.5. The highest BCUT2D eigenvalue weighted by Gasteiger charge is 2.39. The van der Waals surface area contributed by atoms with Crippen molar-refractivity contribution in [3.8, 4) is 0 Å². The number of nitrogens with two attached hydrogens (primary N) is 1. The lowest BCUT2D eigenvalue weighted by molar-refractivity contribution is -0.141. The Morgan fingerprint density at radius 2 is 2.00 bits per heavy atom. The molecule has 1 aliphatic heterocycles. The molecule has 1 fully saturated rings. The van der Waals surface area contributed by atoms with Crippen LogP contribution in [-0.2, 0) is 10.9 Å². The summed E-state index contributed by atoms with van der Waals surface area (Å²) in [4.78, 5) is 19.9. The molecule has 1 aliphatic rings. The van der Waals surface area contributed by atoms with E-state index < -0.39 is 29.3 Å². The third-order valence-electron chi connectivity index (χ3n) is 2.60. The molecule has 6 nitrogen and oxygen atoms in total. The Morgan fingerprint density at radius 3 is 2.58 bits per heavy atom. The van der Waals surface area contributed by atoms with Gasteiger partial charge in [-0.05, 0) is 0 Å². The quantitative estimate of drug-likeness (QED) is 0.810. The molecule has 19 heavy (non-hydrogen) atoms. The van der Waals surface area contributed by atoms with Crippen molar-refractivity contribution in [2.75, 3.05) is 32.0 Å². The van der Waals surface area contributed by atoms with Gasteiger partial charge in [0.1, 0.15) is 0 Å². The molecule has 104 valence electrons. The maximum absolute atomic E-state index is 12.8. The molecule has 0 bridgehead atoms. The van der Waals surface area contributed by atoms with Gasteiger partial charge in [0.05, 0.1) is 18.8 Å². The van der Waals surface area contributed by atoms with E-state index in [0.29, 0.717) is 13.2 Å². The van der Waals surface area contributed by atoms with Crippen molar-refractivity contribution in [1.29, 1.82) is 0 Å². The number of nitrogen functional groups attached to an aromatic ring is 1. The van der Waals surface area contributed by atoms with Crippen LogP contribution >= 0.6 is 0 Å². The van der Waals surface area contributed by atoms with Crippen LogP contribution in [0.4, 0.5) is 19.1 Å². The van der Waals surface area contributed by atoms with Gasteiger partial charge in [-0.25, -0.2) is 9.97 Å². The van der Waals surface area contributed by atoms with Crippen molar-refractivity contribution in [2.24, 2.45) is 0 Å². The molecule has 9 heteroatoms. The number of hydrogen-bond acceptors (Lipinski definition) is 5. The molecule has 0 aromatic carbocycles. The van der Waals surface area contributed by atoms with Crippen molar-refractivity contribution in [2.45, 2.75) is 6.18 Å². The zero-order valence-corrected chi connectivity index (χ0v) is 9.78. The SMILES string of the molecule is Nc1ncc(C(=O)N2CCOCC2)c(C(F)(F)F)n1. The number of nitrogens with zero attached hydrogens (tertiary/aromatic N) is 3. The Labute approximate surface area is 106 Å². The number of alkyl halides is 3. The van der Waals surface area contributed by atoms with Gasteiger partial charge in [-0.1, -0.05) is 0 Å². The van der Waals surface area contributed by atoms with Crippen molar-refractivity contribution < 1.29 is 22.7 Å². The Morgan fingerprint density at radius 1 is 1.37 bits per heavy atom. The maximum atomic E-state index is 12.8.